The maximum atomic E-state index is 2.46. The normalized spacial score (nSPS) is 25.7. The minimum Gasteiger partial charge on any atom is -0.309 e. The van der Waals surface area contributed by atoms with Crippen molar-refractivity contribution >= 4 is 0 Å². The third kappa shape index (κ3) is 4.21. The maximum Gasteiger partial charge on any atom is 0.00410 e. The number of hydrogen-bond donors (Lipinski definition) is 0. The lowest BCUT2D eigenvalue weighted by Crippen LogP contribution is -2.33. The van der Waals surface area contributed by atoms with E-state index in [2.05, 4.69) is 75.3 Å². The Hall–Kier alpha value is -1.08. The molecule has 2 rings (SSSR count). The molecule has 1 aliphatic carbocycles. The molecule has 0 amide bonds. The smallest absolute Gasteiger partial charge is 0.00410 e. The lowest BCUT2D eigenvalue weighted by molar-refractivity contribution is 0.211. The van der Waals surface area contributed by atoms with Crippen LogP contribution in [0.25, 0.3) is 0 Å². The highest BCUT2D eigenvalue weighted by Crippen LogP contribution is 2.38. The standard InChI is InChI=1S/C18H27N/c1-18(2)11-10-16(14-19(3)4)17(13-18)12-15-8-6-5-7-9-15/h5-11,16-17H,12-14H2,1-4H3/t16-,17+/m0/s1. The minimum absolute atomic E-state index is 0.349. The van der Waals surface area contributed by atoms with E-state index in [1.165, 1.54) is 18.4 Å². The number of rotatable bonds is 4. The zero-order chi connectivity index (χ0) is 13.9. The Morgan fingerprint density at radius 1 is 1.16 bits per heavy atom. The minimum atomic E-state index is 0.349. The van der Waals surface area contributed by atoms with E-state index in [1.807, 2.05) is 0 Å². The SMILES string of the molecule is CN(C)C[C@@H]1C=CC(C)(C)C[C@H]1Cc1ccccc1. The van der Waals surface area contributed by atoms with Crippen molar-refractivity contribution in [1.29, 1.82) is 0 Å². The maximum absolute atomic E-state index is 2.46. The number of allylic oxidation sites excluding steroid dienone is 1. The first-order valence-electron chi connectivity index (χ1n) is 7.34. The third-order valence-electron chi connectivity index (χ3n) is 4.11. The van der Waals surface area contributed by atoms with E-state index >= 15 is 0 Å². The van der Waals surface area contributed by atoms with Crippen LogP contribution in [-0.4, -0.2) is 25.5 Å². The van der Waals surface area contributed by atoms with Gasteiger partial charge in [-0.05, 0) is 49.8 Å². The zero-order valence-electron chi connectivity index (χ0n) is 12.8. The quantitative estimate of drug-likeness (QED) is 0.737. The largest absolute Gasteiger partial charge is 0.309 e. The van der Waals surface area contributed by atoms with Crippen molar-refractivity contribution in [2.45, 2.75) is 26.7 Å². The summed E-state index contributed by atoms with van der Waals surface area (Å²) in [7, 11) is 4.35. The molecule has 1 nitrogen and oxygen atoms in total. The Balaban J connectivity index is 2.12. The van der Waals surface area contributed by atoms with Crippen LogP contribution in [0, 0.1) is 17.3 Å². The summed E-state index contributed by atoms with van der Waals surface area (Å²) in [6.45, 7) is 5.87. The summed E-state index contributed by atoms with van der Waals surface area (Å²) in [5.41, 5.74) is 1.82. The molecule has 1 heteroatoms. The Labute approximate surface area is 118 Å². The summed E-state index contributed by atoms with van der Waals surface area (Å²) in [4.78, 5) is 2.31. The fourth-order valence-corrected chi connectivity index (χ4v) is 3.21. The summed E-state index contributed by atoms with van der Waals surface area (Å²) in [5, 5.41) is 0. The van der Waals surface area contributed by atoms with E-state index in [0.717, 1.165) is 12.5 Å². The van der Waals surface area contributed by atoms with E-state index in [1.54, 1.807) is 0 Å². The molecule has 19 heavy (non-hydrogen) atoms. The Morgan fingerprint density at radius 3 is 2.47 bits per heavy atom. The summed E-state index contributed by atoms with van der Waals surface area (Å²) < 4.78 is 0. The second-order valence-electron chi connectivity index (χ2n) is 6.93. The van der Waals surface area contributed by atoms with Crippen LogP contribution in [0.1, 0.15) is 25.8 Å². The Bertz CT molecular complexity index is 417. The molecule has 1 aromatic rings. The molecule has 0 heterocycles. The average molecular weight is 257 g/mol. The predicted molar refractivity (Wildman–Crippen MR) is 83.2 cm³/mol. The van der Waals surface area contributed by atoms with Gasteiger partial charge in [-0.3, -0.25) is 0 Å². The van der Waals surface area contributed by atoms with Crippen LogP contribution in [0.4, 0.5) is 0 Å². The van der Waals surface area contributed by atoms with Gasteiger partial charge in [0.05, 0.1) is 0 Å². The van der Waals surface area contributed by atoms with Gasteiger partial charge in [-0.1, -0.05) is 56.3 Å². The number of nitrogens with zero attached hydrogens (tertiary/aromatic N) is 1. The van der Waals surface area contributed by atoms with Crippen LogP contribution in [0.3, 0.4) is 0 Å². The van der Waals surface area contributed by atoms with Crippen molar-refractivity contribution in [3.8, 4) is 0 Å². The highest BCUT2D eigenvalue weighted by molar-refractivity contribution is 5.17. The van der Waals surface area contributed by atoms with E-state index in [4.69, 9.17) is 0 Å². The molecule has 0 unspecified atom stereocenters. The molecule has 1 aliphatic rings. The van der Waals surface area contributed by atoms with Crippen LogP contribution in [0.2, 0.25) is 0 Å². The molecule has 0 saturated heterocycles. The molecule has 0 aliphatic heterocycles. The van der Waals surface area contributed by atoms with Crippen LogP contribution >= 0.6 is 0 Å². The number of hydrogen-bond acceptors (Lipinski definition) is 1. The van der Waals surface area contributed by atoms with Crippen molar-refractivity contribution in [2.24, 2.45) is 17.3 Å². The molecule has 0 fully saturated rings. The van der Waals surface area contributed by atoms with E-state index < -0.39 is 0 Å². The van der Waals surface area contributed by atoms with E-state index in [9.17, 15) is 0 Å². The zero-order valence-corrected chi connectivity index (χ0v) is 12.8. The summed E-state index contributed by atoms with van der Waals surface area (Å²) in [5.74, 6) is 1.44. The molecule has 0 spiro atoms. The first-order valence-corrected chi connectivity index (χ1v) is 7.34. The van der Waals surface area contributed by atoms with Crippen LogP contribution < -0.4 is 0 Å². The average Bonchev–Trinajstić information content (AvgIpc) is 2.33. The topological polar surface area (TPSA) is 3.24 Å². The molecule has 104 valence electrons. The lowest BCUT2D eigenvalue weighted by atomic mass is 9.70. The molecule has 0 bridgehead atoms. The van der Waals surface area contributed by atoms with Crippen LogP contribution in [-0.2, 0) is 6.42 Å². The molecule has 2 atom stereocenters. The summed E-state index contributed by atoms with van der Waals surface area (Å²) in [6, 6.07) is 10.9. The third-order valence-corrected chi connectivity index (χ3v) is 4.11. The van der Waals surface area contributed by atoms with Crippen LogP contribution in [0.15, 0.2) is 42.5 Å². The van der Waals surface area contributed by atoms with Gasteiger partial charge in [0.1, 0.15) is 0 Å². The lowest BCUT2D eigenvalue weighted by Gasteiger charge is -2.37. The van der Waals surface area contributed by atoms with Gasteiger partial charge < -0.3 is 4.90 Å². The molecule has 0 aromatic heterocycles. The second-order valence-corrected chi connectivity index (χ2v) is 6.93. The highest BCUT2D eigenvalue weighted by atomic mass is 15.1. The van der Waals surface area contributed by atoms with Gasteiger partial charge in [0.25, 0.3) is 0 Å². The van der Waals surface area contributed by atoms with Gasteiger partial charge in [-0.25, -0.2) is 0 Å². The number of benzene rings is 1. The van der Waals surface area contributed by atoms with Crippen molar-refractivity contribution in [2.75, 3.05) is 20.6 Å². The Kier molecular flexibility index (Phi) is 4.46. The molecular weight excluding hydrogens is 230 g/mol. The van der Waals surface area contributed by atoms with E-state index in [0.29, 0.717) is 11.3 Å². The van der Waals surface area contributed by atoms with Gasteiger partial charge in [0.15, 0.2) is 0 Å². The van der Waals surface area contributed by atoms with Gasteiger partial charge in [0, 0.05) is 6.54 Å². The van der Waals surface area contributed by atoms with Gasteiger partial charge >= 0.3 is 0 Å². The fraction of sp³-hybridized carbons (Fsp3) is 0.556. The first kappa shape index (κ1) is 14.3. The monoisotopic (exact) mass is 257 g/mol. The molecular formula is C18H27N. The van der Waals surface area contributed by atoms with Gasteiger partial charge in [-0.15, -0.1) is 0 Å². The van der Waals surface area contributed by atoms with Gasteiger partial charge in [0.2, 0.25) is 0 Å². The molecule has 0 saturated carbocycles. The summed E-state index contributed by atoms with van der Waals surface area (Å²) >= 11 is 0. The molecule has 1 aromatic carbocycles. The van der Waals surface area contributed by atoms with Crippen molar-refractivity contribution < 1.29 is 0 Å². The van der Waals surface area contributed by atoms with E-state index in [-0.39, 0.29) is 0 Å². The van der Waals surface area contributed by atoms with Gasteiger partial charge in [-0.2, -0.15) is 0 Å². The first-order chi connectivity index (χ1) is 8.96. The molecule has 0 radical (unpaired) electrons. The highest BCUT2D eigenvalue weighted by Gasteiger charge is 2.30. The Morgan fingerprint density at radius 2 is 1.84 bits per heavy atom. The second kappa shape index (κ2) is 5.92. The summed E-state index contributed by atoms with van der Waals surface area (Å²) in [6.07, 6.45) is 7.36. The van der Waals surface area contributed by atoms with Crippen molar-refractivity contribution in [3.63, 3.8) is 0 Å². The van der Waals surface area contributed by atoms with Crippen LogP contribution in [0.5, 0.6) is 0 Å². The fourth-order valence-electron chi connectivity index (χ4n) is 3.21. The van der Waals surface area contributed by atoms with Crippen molar-refractivity contribution in [1.82, 2.24) is 4.90 Å². The predicted octanol–water partition coefficient (Wildman–Crippen LogP) is 4.01. The molecule has 0 N–H and O–H groups in total. The van der Waals surface area contributed by atoms with Crippen molar-refractivity contribution in [3.05, 3.63) is 48.0 Å².